The summed E-state index contributed by atoms with van der Waals surface area (Å²) in [5, 5.41) is 8.97. The molecule has 4 nitrogen and oxygen atoms in total. The maximum atomic E-state index is 13.0. The highest BCUT2D eigenvalue weighted by Crippen LogP contribution is 2.33. The van der Waals surface area contributed by atoms with Crippen LogP contribution in [-0.2, 0) is 0 Å². The summed E-state index contributed by atoms with van der Waals surface area (Å²) in [6.45, 7) is 2.54. The molecule has 2 heterocycles. The van der Waals surface area contributed by atoms with Crippen molar-refractivity contribution in [2.24, 2.45) is 0 Å². The fourth-order valence-electron chi connectivity index (χ4n) is 3.00. The average molecular weight is 333 g/mol. The largest absolute Gasteiger partial charge is 0.477 e. The van der Waals surface area contributed by atoms with Gasteiger partial charge in [-0.05, 0) is 43.2 Å². The Kier molecular flexibility index (Phi) is 4.17. The molecule has 6 heteroatoms. The molecule has 1 N–H and O–H groups in total. The predicted molar refractivity (Wildman–Crippen MR) is 85.5 cm³/mol. The van der Waals surface area contributed by atoms with Crippen LogP contribution in [0.15, 0.2) is 36.4 Å². The highest BCUT2D eigenvalue weighted by atomic mass is 32.1. The molecule has 2 unspecified atom stereocenters. The first-order chi connectivity index (χ1) is 11.0. The molecule has 1 aliphatic rings. The van der Waals surface area contributed by atoms with E-state index >= 15 is 0 Å². The quantitative estimate of drug-likeness (QED) is 0.933. The number of likely N-dealkylation sites (tertiary alicyclic amines) is 1. The monoisotopic (exact) mass is 333 g/mol. The molecule has 0 aliphatic carbocycles. The van der Waals surface area contributed by atoms with E-state index in [9.17, 15) is 14.0 Å². The summed E-state index contributed by atoms with van der Waals surface area (Å²) in [4.78, 5) is 25.9. The molecule has 1 fully saturated rings. The van der Waals surface area contributed by atoms with Gasteiger partial charge in [0.2, 0.25) is 0 Å². The Morgan fingerprint density at radius 2 is 1.83 bits per heavy atom. The van der Waals surface area contributed by atoms with Crippen molar-refractivity contribution in [3.8, 4) is 0 Å². The molecule has 1 amide bonds. The molecule has 3 rings (SSSR count). The van der Waals surface area contributed by atoms with E-state index in [0.717, 1.165) is 23.3 Å². The van der Waals surface area contributed by atoms with Crippen LogP contribution < -0.4 is 0 Å². The summed E-state index contributed by atoms with van der Waals surface area (Å²) in [7, 11) is 0. The lowest BCUT2D eigenvalue weighted by Crippen LogP contribution is -2.33. The van der Waals surface area contributed by atoms with E-state index in [2.05, 4.69) is 0 Å². The van der Waals surface area contributed by atoms with E-state index in [-0.39, 0.29) is 28.6 Å². The summed E-state index contributed by atoms with van der Waals surface area (Å²) in [6, 6.07) is 9.47. The van der Waals surface area contributed by atoms with Crippen LogP contribution in [-0.4, -0.2) is 34.5 Å². The fourth-order valence-corrected chi connectivity index (χ4v) is 3.80. The maximum absolute atomic E-state index is 13.0. The number of carbonyl (C=O) groups excluding carboxylic acids is 1. The van der Waals surface area contributed by atoms with E-state index in [0.29, 0.717) is 11.4 Å². The van der Waals surface area contributed by atoms with Crippen molar-refractivity contribution in [3.63, 3.8) is 0 Å². The van der Waals surface area contributed by atoms with Gasteiger partial charge in [0, 0.05) is 18.5 Å². The molecule has 1 aliphatic heterocycles. The van der Waals surface area contributed by atoms with Crippen molar-refractivity contribution in [1.82, 2.24) is 4.90 Å². The zero-order valence-corrected chi connectivity index (χ0v) is 13.3. The van der Waals surface area contributed by atoms with Crippen LogP contribution in [0.4, 0.5) is 4.39 Å². The Morgan fingerprint density at radius 1 is 1.17 bits per heavy atom. The highest BCUT2D eigenvalue weighted by Gasteiger charge is 2.34. The van der Waals surface area contributed by atoms with Gasteiger partial charge < -0.3 is 10.0 Å². The van der Waals surface area contributed by atoms with Crippen molar-refractivity contribution < 1.29 is 19.1 Å². The minimum atomic E-state index is -1.02. The lowest BCUT2D eigenvalue weighted by molar-refractivity contribution is 0.0701. The van der Waals surface area contributed by atoms with Crippen molar-refractivity contribution in [3.05, 3.63) is 57.5 Å². The van der Waals surface area contributed by atoms with Gasteiger partial charge in [-0.1, -0.05) is 12.1 Å². The second kappa shape index (κ2) is 6.12. The van der Waals surface area contributed by atoms with Crippen LogP contribution in [0.5, 0.6) is 0 Å². The zero-order valence-electron chi connectivity index (χ0n) is 12.5. The number of hydrogen-bond acceptors (Lipinski definition) is 3. The number of hydrogen-bond donors (Lipinski definition) is 1. The Balaban J connectivity index is 1.76. The summed E-state index contributed by atoms with van der Waals surface area (Å²) in [5.74, 6) is -1.26. The first-order valence-electron chi connectivity index (χ1n) is 7.35. The second-order valence-electron chi connectivity index (χ2n) is 5.76. The molecular weight excluding hydrogens is 317 g/mol. The summed E-state index contributed by atoms with van der Waals surface area (Å²) in [5.41, 5.74) is 1.02. The molecule has 120 valence electrons. The average Bonchev–Trinajstić information content (AvgIpc) is 3.14. The smallest absolute Gasteiger partial charge is 0.345 e. The van der Waals surface area contributed by atoms with Gasteiger partial charge in [0.15, 0.2) is 0 Å². The lowest BCUT2D eigenvalue weighted by atomic mass is 9.97. The Labute approximate surface area is 137 Å². The number of carboxylic acids is 1. The third kappa shape index (κ3) is 3.12. The zero-order chi connectivity index (χ0) is 16.6. The number of amides is 1. The van der Waals surface area contributed by atoms with Gasteiger partial charge in [0.05, 0.1) is 4.88 Å². The Morgan fingerprint density at radius 3 is 2.43 bits per heavy atom. The number of carbonyl (C=O) groups is 2. The van der Waals surface area contributed by atoms with Crippen molar-refractivity contribution in [2.75, 3.05) is 6.54 Å². The van der Waals surface area contributed by atoms with Gasteiger partial charge in [-0.2, -0.15) is 0 Å². The van der Waals surface area contributed by atoms with Gasteiger partial charge >= 0.3 is 5.97 Å². The number of aromatic carboxylic acids is 1. The normalized spacial score (nSPS) is 20.7. The highest BCUT2D eigenvalue weighted by molar-refractivity contribution is 7.15. The number of nitrogens with zero attached hydrogens (tertiary/aromatic N) is 1. The molecule has 2 atom stereocenters. The number of rotatable bonds is 3. The van der Waals surface area contributed by atoms with Crippen molar-refractivity contribution in [2.45, 2.75) is 25.3 Å². The van der Waals surface area contributed by atoms with Crippen molar-refractivity contribution in [1.29, 1.82) is 0 Å². The van der Waals surface area contributed by atoms with E-state index in [1.165, 1.54) is 18.2 Å². The molecule has 0 bridgehead atoms. The topological polar surface area (TPSA) is 57.6 Å². The molecule has 2 aromatic rings. The molecule has 0 spiro atoms. The first kappa shape index (κ1) is 15.7. The van der Waals surface area contributed by atoms with Crippen molar-refractivity contribution >= 4 is 23.2 Å². The minimum Gasteiger partial charge on any atom is -0.477 e. The first-order valence-corrected chi connectivity index (χ1v) is 8.17. The minimum absolute atomic E-state index is 0.0629. The van der Waals surface area contributed by atoms with Crippen LogP contribution in [0.1, 0.15) is 44.2 Å². The van der Waals surface area contributed by atoms with Gasteiger partial charge in [-0.3, -0.25) is 4.79 Å². The number of carboxylic acid groups (broad SMARTS) is 1. The molecule has 1 saturated heterocycles. The standard InChI is InChI=1S/C17H16FNO3S/c1-10-8-12(11-2-4-13(18)5-3-11)9-19(10)16(20)14-6-7-15(23-14)17(21)22/h2-7,10,12H,8-9H2,1H3,(H,21,22). The number of halogens is 1. The van der Waals surface area contributed by atoms with Gasteiger partial charge in [0.1, 0.15) is 10.7 Å². The Hall–Kier alpha value is -2.21. The molecule has 0 saturated carbocycles. The van der Waals surface area contributed by atoms with Crippen LogP contribution in [0.2, 0.25) is 0 Å². The van der Waals surface area contributed by atoms with E-state index in [1.807, 2.05) is 6.92 Å². The molecular formula is C17H16FNO3S. The van der Waals surface area contributed by atoms with E-state index in [1.54, 1.807) is 23.1 Å². The molecule has 0 radical (unpaired) electrons. The second-order valence-corrected chi connectivity index (χ2v) is 6.84. The number of thiophene rings is 1. The molecule has 1 aromatic heterocycles. The lowest BCUT2D eigenvalue weighted by Gasteiger charge is -2.20. The summed E-state index contributed by atoms with van der Waals surface area (Å²) in [6.07, 6.45) is 0.814. The predicted octanol–water partition coefficient (Wildman–Crippen LogP) is 3.60. The van der Waals surface area contributed by atoms with Gasteiger partial charge in [0.25, 0.3) is 5.91 Å². The molecule has 1 aromatic carbocycles. The SMILES string of the molecule is CC1CC(c2ccc(F)cc2)CN1C(=O)c1ccc(C(=O)O)s1. The summed E-state index contributed by atoms with van der Waals surface area (Å²) < 4.78 is 13.0. The van der Waals surface area contributed by atoms with Crippen LogP contribution in [0.25, 0.3) is 0 Å². The maximum Gasteiger partial charge on any atom is 0.345 e. The van der Waals surface area contributed by atoms with E-state index in [4.69, 9.17) is 5.11 Å². The molecule has 23 heavy (non-hydrogen) atoms. The van der Waals surface area contributed by atoms with Gasteiger partial charge in [-0.25, -0.2) is 9.18 Å². The van der Waals surface area contributed by atoms with Crippen LogP contribution >= 0.6 is 11.3 Å². The third-order valence-corrected chi connectivity index (χ3v) is 5.27. The third-order valence-electron chi connectivity index (χ3n) is 4.20. The number of benzene rings is 1. The van der Waals surface area contributed by atoms with Crippen LogP contribution in [0.3, 0.4) is 0 Å². The fraction of sp³-hybridized carbons (Fsp3) is 0.294. The van der Waals surface area contributed by atoms with E-state index < -0.39 is 5.97 Å². The van der Waals surface area contributed by atoms with Crippen LogP contribution in [0, 0.1) is 5.82 Å². The summed E-state index contributed by atoms with van der Waals surface area (Å²) >= 11 is 0.997. The van der Waals surface area contributed by atoms with Gasteiger partial charge in [-0.15, -0.1) is 11.3 Å². The Bertz CT molecular complexity index is 741.